The molecule has 0 bridgehead atoms. The van der Waals surface area contributed by atoms with Gasteiger partial charge in [-0.3, -0.25) is 0 Å². The van der Waals surface area contributed by atoms with Gasteiger partial charge in [0.05, 0.1) is 19.8 Å². The van der Waals surface area contributed by atoms with E-state index in [0.29, 0.717) is 25.2 Å². The standard InChI is InChI=1S/C17H27NO3/c1-4-20-15-9-8-13(11-16(15)21-5-2)17(18-3)14-7-6-10-19-12-14/h8-9,11,14,17-18H,4-7,10,12H2,1-3H3. The van der Waals surface area contributed by atoms with Crippen LogP contribution in [0.4, 0.5) is 0 Å². The largest absolute Gasteiger partial charge is 0.490 e. The lowest BCUT2D eigenvalue weighted by atomic mass is 9.88. The van der Waals surface area contributed by atoms with Gasteiger partial charge in [-0.1, -0.05) is 6.07 Å². The Bertz CT molecular complexity index is 430. The van der Waals surface area contributed by atoms with Gasteiger partial charge < -0.3 is 19.5 Å². The van der Waals surface area contributed by atoms with E-state index in [4.69, 9.17) is 14.2 Å². The van der Waals surface area contributed by atoms with Crippen LogP contribution in [0.15, 0.2) is 18.2 Å². The first kappa shape index (κ1) is 16.1. The van der Waals surface area contributed by atoms with Gasteiger partial charge in [0.25, 0.3) is 0 Å². The van der Waals surface area contributed by atoms with Gasteiger partial charge >= 0.3 is 0 Å². The number of hydrogen-bond acceptors (Lipinski definition) is 4. The van der Waals surface area contributed by atoms with Gasteiger partial charge in [-0.2, -0.15) is 0 Å². The third kappa shape index (κ3) is 4.11. The van der Waals surface area contributed by atoms with E-state index in [9.17, 15) is 0 Å². The van der Waals surface area contributed by atoms with Gasteiger partial charge in [0, 0.05) is 18.6 Å². The molecule has 1 saturated heterocycles. The van der Waals surface area contributed by atoms with Gasteiger partial charge in [-0.05, 0) is 51.4 Å². The summed E-state index contributed by atoms with van der Waals surface area (Å²) in [6.45, 7) is 6.97. The maximum atomic E-state index is 5.73. The van der Waals surface area contributed by atoms with Crippen LogP contribution in [0.5, 0.6) is 11.5 Å². The molecule has 1 fully saturated rings. The fourth-order valence-electron chi connectivity index (χ4n) is 2.96. The van der Waals surface area contributed by atoms with Crippen molar-refractivity contribution >= 4 is 0 Å². The van der Waals surface area contributed by atoms with Crippen LogP contribution in [-0.2, 0) is 4.74 Å². The first-order chi connectivity index (χ1) is 10.3. The van der Waals surface area contributed by atoms with E-state index in [-0.39, 0.29) is 0 Å². The van der Waals surface area contributed by atoms with Crippen molar-refractivity contribution in [2.45, 2.75) is 32.7 Å². The number of hydrogen-bond donors (Lipinski definition) is 1. The van der Waals surface area contributed by atoms with Crippen LogP contribution in [0.2, 0.25) is 0 Å². The Labute approximate surface area is 127 Å². The molecule has 0 spiro atoms. The number of benzene rings is 1. The van der Waals surface area contributed by atoms with E-state index < -0.39 is 0 Å². The fraction of sp³-hybridized carbons (Fsp3) is 0.647. The van der Waals surface area contributed by atoms with E-state index in [0.717, 1.165) is 31.1 Å². The summed E-state index contributed by atoms with van der Waals surface area (Å²) < 4.78 is 17.0. The van der Waals surface area contributed by atoms with Crippen LogP contribution in [0.1, 0.15) is 38.3 Å². The second-order valence-corrected chi connectivity index (χ2v) is 5.32. The molecule has 4 heteroatoms. The molecule has 0 radical (unpaired) electrons. The Hall–Kier alpha value is -1.26. The Morgan fingerprint density at radius 2 is 2.00 bits per heavy atom. The first-order valence-electron chi connectivity index (χ1n) is 7.94. The molecule has 2 unspecified atom stereocenters. The zero-order valence-corrected chi connectivity index (χ0v) is 13.4. The molecule has 1 aliphatic rings. The number of nitrogens with one attached hydrogen (secondary N) is 1. The fourth-order valence-corrected chi connectivity index (χ4v) is 2.96. The van der Waals surface area contributed by atoms with Crippen molar-refractivity contribution in [1.82, 2.24) is 5.32 Å². The second kappa shape index (κ2) is 8.25. The predicted octanol–water partition coefficient (Wildman–Crippen LogP) is 3.17. The Kier molecular flexibility index (Phi) is 6.33. The topological polar surface area (TPSA) is 39.7 Å². The molecule has 0 aromatic heterocycles. The van der Waals surface area contributed by atoms with Crippen molar-refractivity contribution in [2.75, 3.05) is 33.5 Å². The number of rotatable bonds is 7. The summed E-state index contributed by atoms with van der Waals surface area (Å²) in [5.41, 5.74) is 1.24. The third-order valence-corrected chi connectivity index (χ3v) is 3.90. The van der Waals surface area contributed by atoms with Crippen LogP contribution >= 0.6 is 0 Å². The van der Waals surface area contributed by atoms with Crippen LogP contribution in [-0.4, -0.2) is 33.5 Å². The summed E-state index contributed by atoms with van der Waals surface area (Å²) in [6.07, 6.45) is 2.33. The summed E-state index contributed by atoms with van der Waals surface area (Å²) in [6, 6.07) is 6.53. The zero-order valence-electron chi connectivity index (χ0n) is 13.4. The molecule has 1 N–H and O–H groups in total. The van der Waals surface area contributed by atoms with E-state index in [1.165, 1.54) is 12.0 Å². The third-order valence-electron chi connectivity index (χ3n) is 3.90. The quantitative estimate of drug-likeness (QED) is 0.838. The highest BCUT2D eigenvalue weighted by molar-refractivity contribution is 5.44. The summed E-state index contributed by atoms with van der Waals surface area (Å²) in [5.74, 6) is 2.16. The molecule has 0 aliphatic carbocycles. The lowest BCUT2D eigenvalue weighted by Crippen LogP contribution is -2.31. The average molecular weight is 293 g/mol. The minimum Gasteiger partial charge on any atom is -0.490 e. The molecule has 1 aliphatic heterocycles. The summed E-state index contributed by atoms with van der Waals surface area (Å²) >= 11 is 0. The average Bonchev–Trinajstić information content (AvgIpc) is 2.52. The molecular weight excluding hydrogens is 266 g/mol. The minimum absolute atomic E-state index is 0.292. The Morgan fingerprint density at radius 1 is 1.24 bits per heavy atom. The van der Waals surface area contributed by atoms with Crippen LogP contribution in [0.25, 0.3) is 0 Å². The van der Waals surface area contributed by atoms with Crippen molar-refractivity contribution in [3.05, 3.63) is 23.8 Å². The summed E-state index contributed by atoms with van der Waals surface area (Å²) in [7, 11) is 2.01. The molecule has 118 valence electrons. The highest BCUT2D eigenvalue weighted by Gasteiger charge is 2.25. The maximum absolute atomic E-state index is 5.73. The molecular formula is C17H27NO3. The molecule has 0 saturated carbocycles. The Balaban J connectivity index is 2.21. The predicted molar refractivity (Wildman–Crippen MR) is 84.1 cm³/mol. The van der Waals surface area contributed by atoms with Crippen molar-refractivity contribution < 1.29 is 14.2 Å². The number of ether oxygens (including phenoxy) is 3. The van der Waals surface area contributed by atoms with E-state index >= 15 is 0 Å². The lowest BCUT2D eigenvalue weighted by Gasteiger charge is -2.30. The van der Waals surface area contributed by atoms with E-state index in [1.54, 1.807) is 0 Å². The smallest absolute Gasteiger partial charge is 0.161 e. The molecule has 4 nitrogen and oxygen atoms in total. The van der Waals surface area contributed by atoms with Crippen molar-refractivity contribution in [2.24, 2.45) is 5.92 Å². The highest BCUT2D eigenvalue weighted by atomic mass is 16.5. The molecule has 1 aromatic carbocycles. The SMILES string of the molecule is CCOc1ccc(C(NC)C2CCCOC2)cc1OCC. The van der Waals surface area contributed by atoms with Gasteiger partial charge in [0.2, 0.25) is 0 Å². The zero-order chi connectivity index (χ0) is 15.1. The van der Waals surface area contributed by atoms with Gasteiger partial charge in [0.1, 0.15) is 0 Å². The maximum Gasteiger partial charge on any atom is 0.161 e. The Morgan fingerprint density at radius 3 is 2.62 bits per heavy atom. The van der Waals surface area contributed by atoms with Gasteiger partial charge in [-0.15, -0.1) is 0 Å². The van der Waals surface area contributed by atoms with Crippen LogP contribution in [0, 0.1) is 5.92 Å². The second-order valence-electron chi connectivity index (χ2n) is 5.32. The normalized spacial score (nSPS) is 20.0. The summed E-state index contributed by atoms with van der Waals surface area (Å²) in [4.78, 5) is 0. The molecule has 2 rings (SSSR count). The first-order valence-corrected chi connectivity index (χ1v) is 7.94. The molecule has 1 heterocycles. The van der Waals surface area contributed by atoms with Crippen LogP contribution < -0.4 is 14.8 Å². The molecule has 21 heavy (non-hydrogen) atoms. The minimum atomic E-state index is 0.292. The van der Waals surface area contributed by atoms with Crippen LogP contribution in [0.3, 0.4) is 0 Å². The van der Waals surface area contributed by atoms with Gasteiger partial charge in [-0.25, -0.2) is 0 Å². The van der Waals surface area contributed by atoms with Gasteiger partial charge in [0.15, 0.2) is 11.5 Å². The van der Waals surface area contributed by atoms with Crippen molar-refractivity contribution in [3.8, 4) is 11.5 Å². The highest BCUT2D eigenvalue weighted by Crippen LogP contribution is 2.34. The van der Waals surface area contributed by atoms with E-state index in [1.807, 2.05) is 27.0 Å². The summed E-state index contributed by atoms with van der Waals surface area (Å²) in [5, 5.41) is 3.43. The molecule has 1 aromatic rings. The molecule has 0 amide bonds. The van der Waals surface area contributed by atoms with E-state index in [2.05, 4.69) is 17.4 Å². The molecule has 2 atom stereocenters. The van der Waals surface area contributed by atoms with Crippen molar-refractivity contribution in [3.63, 3.8) is 0 Å². The lowest BCUT2D eigenvalue weighted by molar-refractivity contribution is 0.0401. The monoisotopic (exact) mass is 293 g/mol. The van der Waals surface area contributed by atoms with Crippen molar-refractivity contribution in [1.29, 1.82) is 0 Å².